The van der Waals surface area contributed by atoms with Gasteiger partial charge in [-0.05, 0) is 6.07 Å². The zero-order valence-corrected chi connectivity index (χ0v) is 9.51. The fourth-order valence-corrected chi connectivity index (χ4v) is 1.40. The van der Waals surface area contributed by atoms with Crippen molar-refractivity contribution in [2.75, 3.05) is 10.7 Å². The standard InChI is InChI=1S/C10H11FN6O/c1-17-5-6(4-14-17)15-10(18)7-2-3-13-9(16-12)8(7)11/h2-5H,12H2,1H3,(H,13,16)(H,15,18). The molecule has 0 bridgehead atoms. The molecule has 0 saturated carbocycles. The molecule has 0 saturated heterocycles. The first-order chi connectivity index (χ1) is 8.61. The molecule has 7 nitrogen and oxygen atoms in total. The average molecular weight is 250 g/mol. The molecular weight excluding hydrogens is 239 g/mol. The van der Waals surface area contributed by atoms with E-state index in [1.165, 1.54) is 23.1 Å². The number of nitrogen functional groups attached to an aromatic ring is 1. The number of carbonyl (C=O) groups excluding carboxylic acids is 1. The summed E-state index contributed by atoms with van der Waals surface area (Å²) < 4.78 is 15.3. The highest BCUT2D eigenvalue weighted by Crippen LogP contribution is 2.15. The van der Waals surface area contributed by atoms with Crippen LogP contribution in [-0.2, 0) is 7.05 Å². The number of amides is 1. The molecule has 0 atom stereocenters. The van der Waals surface area contributed by atoms with E-state index in [0.717, 1.165) is 0 Å². The summed E-state index contributed by atoms with van der Waals surface area (Å²) in [6.45, 7) is 0. The Bertz CT molecular complexity index is 581. The third-order valence-corrected chi connectivity index (χ3v) is 2.23. The molecule has 94 valence electrons. The molecule has 0 aliphatic heterocycles. The first kappa shape index (κ1) is 12.0. The second kappa shape index (κ2) is 4.80. The van der Waals surface area contributed by atoms with Gasteiger partial charge in [-0.3, -0.25) is 9.48 Å². The van der Waals surface area contributed by atoms with Gasteiger partial charge in [-0.25, -0.2) is 15.2 Å². The molecule has 2 heterocycles. The van der Waals surface area contributed by atoms with Crippen LogP contribution in [-0.4, -0.2) is 20.7 Å². The molecule has 2 aromatic rings. The second-order valence-electron chi connectivity index (χ2n) is 3.52. The summed E-state index contributed by atoms with van der Waals surface area (Å²) in [7, 11) is 1.71. The number of hydrogen-bond acceptors (Lipinski definition) is 5. The molecule has 2 rings (SSSR count). The topological polar surface area (TPSA) is 97.9 Å². The van der Waals surface area contributed by atoms with E-state index < -0.39 is 11.7 Å². The van der Waals surface area contributed by atoms with Gasteiger partial charge in [0.05, 0.1) is 17.4 Å². The number of aromatic nitrogens is 3. The SMILES string of the molecule is Cn1cc(NC(=O)c2ccnc(NN)c2F)cn1. The van der Waals surface area contributed by atoms with Crippen LogP contribution in [0.25, 0.3) is 0 Å². The molecular formula is C10H11FN6O. The average Bonchev–Trinajstić information content (AvgIpc) is 2.75. The predicted molar refractivity (Wildman–Crippen MR) is 63.2 cm³/mol. The van der Waals surface area contributed by atoms with E-state index >= 15 is 0 Å². The number of halogens is 1. The van der Waals surface area contributed by atoms with Gasteiger partial charge in [-0.2, -0.15) is 5.10 Å². The van der Waals surface area contributed by atoms with Gasteiger partial charge in [0.2, 0.25) is 0 Å². The molecule has 0 aliphatic rings. The minimum Gasteiger partial charge on any atom is -0.319 e. The van der Waals surface area contributed by atoms with Gasteiger partial charge >= 0.3 is 0 Å². The summed E-state index contributed by atoms with van der Waals surface area (Å²) in [4.78, 5) is 15.5. The van der Waals surface area contributed by atoms with Crippen molar-refractivity contribution in [2.45, 2.75) is 0 Å². The fraction of sp³-hybridized carbons (Fsp3) is 0.100. The molecule has 0 aromatic carbocycles. The van der Waals surface area contributed by atoms with E-state index in [0.29, 0.717) is 5.69 Å². The van der Waals surface area contributed by atoms with Gasteiger partial charge in [0.25, 0.3) is 5.91 Å². The van der Waals surface area contributed by atoms with Crippen LogP contribution in [0, 0.1) is 5.82 Å². The highest BCUT2D eigenvalue weighted by atomic mass is 19.1. The van der Waals surface area contributed by atoms with Crippen LogP contribution in [0.1, 0.15) is 10.4 Å². The predicted octanol–water partition coefficient (Wildman–Crippen LogP) is 0.492. The third-order valence-electron chi connectivity index (χ3n) is 2.23. The van der Waals surface area contributed by atoms with E-state index in [-0.39, 0.29) is 11.4 Å². The Morgan fingerprint density at radius 2 is 2.33 bits per heavy atom. The van der Waals surface area contributed by atoms with Crippen molar-refractivity contribution < 1.29 is 9.18 Å². The highest BCUT2D eigenvalue weighted by molar-refractivity contribution is 6.04. The monoisotopic (exact) mass is 250 g/mol. The van der Waals surface area contributed by atoms with Crippen LogP contribution < -0.4 is 16.6 Å². The van der Waals surface area contributed by atoms with Crippen molar-refractivity contribution in [1.82, 2.24) is 14.8 Å². The zero-order chi connectivity index (χ0) is 13.1. The number of carbonyl (C=O) groups is 1. The summed E-state index contributed by atoms with van der Waals surface area (Å²) in [5, 5.41) is 6.40. The number of hydrazine groups is 1. The lowest BCUT2D eigenvalue weighted by molar-refractivity contribution is 0.102. The maximum absolute atomic E-state index is 13.7. The van der Waals surface area contributed by atoms with Gasteiger partial charge in [0, 0.05) is 19.4 Å². The van der Waals surface area contributed by atoms with Crippen LogP contribution in [0.3, 0.4) is 0 Å². The largest absolute Gasteiger partial charge is 0.319 e. The normalized spacial score (nSPS) is 10.2. The van der Waals surface area contributed by atoms with Crippen molar-refractivity contribution in [1.29, 1.82) is 0 Å². The second-order valence-corrected chi connectivity index (χ2v) is 3.52. The smallest absolute Gasteiger partial charge is 0.258 e. The molecule has 0 aliphatic carbocycles. The molecule has 0 spiro atoms. The summed E-state index contributed by atoms with van der Waals surface area (Å²) in [5.41, 5.74) is 2.40. The minimum atomic E-state index is -0.804. The third kappa shape index (κ3) is 2.28. The van der Waals surface area contributed by atoms with Crippen molar-refractivity contribution in [2.24, 2.45) is 12.9 Å². The number of nitrogens with one attached hydrogen (secondary N) is 2. The van der Waals surface area contributed by atoms with E-state index in [2.05, 4.69) is 20.8 Å². The Morgan fingerprint density at radius 3 is 2.94 bits per heavy atom. The highest BCUT2D eigenvalue weighted by Gasteiger charge is 2.16. The molecule has 0 radical (unpaired) electrons. The maximum atomic E-state index is 13.7. The van der Waals surface area contributed by atoms with Crippen LogP contribution in [0.4, 0.5) is 15.9 Å². The van der Waals surface area contributed by atoms with Crippen LogP contribution in [0.5, 0.6) is 0 Å². The fourth-order valence-electron chi connectivity index (χ4n) is 1.40. The van der Waals surface area contributed by atoms with Gasteiger partial charge in [0.15, 0.2) is 11.6 Å². The van der Waals surface area contributed by atoms with Gasteiger partial charge in [-0.15, -0.1) is 0 Å². The van der Waals surface area contributed by atoms with E-state index in [9.17, 15) is 9.18 Å². The number of anilines is 2. The molecule has 18 heavy (non-hydrogen) atoms. The van der Waals surface area contributed by atoms with Crippen LogP contribution in [0.15, 0.2) is 24.7 Å². The Hall–Kier alpha value is -2.48. The van der Waals surface area contributed by atoms with Gasteiger partial charge in [0.1, 0.15) is 0 Å². The molecule has 0 unspecified atom stereocenters. The number of pyridine rings is 1. The Kier molecular flexibility index (Phi) is 3.20. The van der Waals surface area contributed by atoms with Crippen molar-refractivity contribution in [3.8, 4) is 0 Å². The van der Waals surface area contributed by atoms with Crippen molar-refractivity contribution >= 4 is 17.4 Å². The quantitative estimate of drug-likeness (QED) is 0.544. The summed E-state index contributed by atoms with van der Waals surface area (Å²) in [6, 6.07) is 1.27. The van der Waals surface area contributed by atoms with Crippen LogP contribution in [0.2, 0.25) is 0 Å². The van der Waals surface area contributed by atoms with Gasteiger partial charge < -0.3 is 10.7 Å². The zero-order valence-electron chi connectivity index (χ0n) is 9.51. The first-order valence-electron chi connectivity index (χ1n) is 5.03. The number of rotatable bonds is 3. The van der Waals surface area contributed by atoms with Crippen LogP contribution >= 0.6 is 0 Å². The summed E-state index contributed by atoms with van der Waals surface area (Å²) >= 11 is 0. The first-order valence-corrected chi connectivity index (χ1v) is 5.03. The number of aryl methyl sites for hydroxylation is 1. The molecule has 0 fully saturated rings. The van der Waals surface area contributed by atoms with E-state index in [1.807, 2.05) is 0 Å². The van der Waals surface area contributed by atoms with Gasteiger partial charge in [-0.1, -0.05) is 0 Å². The lowest BCUT2D eigenvalue weighted by Gasteiger charge is -2.06. The molecule has 4 N–H and O–H groups in total. The Morgan fingerprint density at radius 1 is 1.56 bits per heavy atom. The molecule has 2 aromatic heterocycles. The molecule has 8 heteroatoms. The van der Waals surface area contributed by atoms with E-state index in [1.54, 1.807) is 13.2 Å². The lowest BCUT2D eigenvalue weighted by atomic mass is 10.2. The maximum Gasteiger partial charge on any atom is 0.258 e. The number of nitrogens with two attached hydrogens (primary N) is 1. The lowest BCUT2D eigenvalue weighted by Crippen LogP contribution is -2.17. The van der Waals surface area contributed by atoms with E-state index in [4.69, 9.17) is 5.84 Å². The van der Waals surface area contributed by atoms with Crippen molar-refractivity contribution in [3.05, 3.63) is 36.0 Å². The summed E-state index contributed by atoms with van der Waals surface area (Å²) in [5.74, 6) is 3.49. The number of hydrogen-bond donors (Lipinski definition) is 3. The van der Waals surface area contributed by atoms with Crippen molar-refractivity contribution in [3.63, 3.8) is 0 Å². The summed E-state index contributed by atoms with van der Waals surface area (Å²) in [6.07, 6.45) is 4.34. The Labute approximate surface area is 102 Å². The molecule has 1 amide bonds. The number of nitrogens with zero attached hydrogens (tertiary/aromatic N) is 3. The minimum absolute atomic E-state index is 0.151. The Balaban J connectivity index is 2.24.